The van der Waals surface area contributed by atoms with E-state index in [1.54, 1.807) is 0 Å². The van der Waals surface area contributed by atoms with E-state index in [0.29, 0.717) is 17.9 Å². The predicted octanol–water partition coefficient (Wildman–Crippen LogP) is 2.16. The first-order chi connectivity index (χ1) is 9.09. The second-order valence-electron chi connectivity index (χ2n) is 6.42. The fourth-order valence-electron chi connectivity index (χ4n) is 3.38. The van der Waals surface area contributed by atoms with Gasteiger partial charge in [-0.15, -0.1) is 24.8 Å². The third-order valence-corrected chi connectivity index (χ3v) is 4.35. The molecule has 2 heterocycles. The number of likely N-dealkylation sites (tertiary alicyclic amines) is 1. The monoisotopic (exact) mass is 339 g/mol. The first-order valence-corrected chi connectivity index (χ1v) is 7.86. The zero-order valence-corrected chi connectivity index (χ0v) is 15.1. The molecule has 0 saturated carbocycles. The van der Waals surface area contributed by atoms with Crippen LogP contribution < -0.4 is 5.32 Å². The summed E-state index contributed by atoms with van der Waals surface area (Å²) in [4.78, 5) is 17.3. The van der Waals surface area contributed by atoms with E-state index in [1.165, 1.54) is 19.3 Å². The Kier molecular flexibility index (Phi) is 9.87. The van der Waals surface area contributed by atoms with E-state index in [9.17, 15) is 4.79 Å². The van der Waals surface area contributed by atoms with Crippen LogP contribution in [-0.2, 0) is 4.79 Å². The minimum absolute atomic E-state index is 0. The molecule has 6 heteroatoms. The van der Waals surface area contributed by atoms with Crippen LogP contribution in [0.2, 0.25) is 0 Å². The van der Waals surface area contributed by atoms with Crippen molar-refractivity contribution in [2.75, 3.05) is 32.7 Å². The Hall–Kier alpha value is -0.0300. The predicted molar refractivity (Wildman–Crippen MR) is 92.6 cm³/mol. The molecule has 0 spiro atoms. The Morgan fingerprint density at radius 2 is 1.71 bits per heavy atom. The Bertz CT molecular complexity index is 309. The maximum atomic E-state index is 12.8. The zero-order valence-electron chi connectivity index (χ0n) is 13.5. The zero-order chi connectivity index (χ0) is 13.8. The van der Waals surface area contributed by atoms with Crippen molar-refractivity contribution in [2.45, 2.75) is 52.1 Å². The number of nitrogens with one attached hydrogen (secondary N) is 1. The van der Waals surface area contributed by atoms with Gasteiger partial charge >= 0.3 is 0 Å². The van der Waals surface area contributed by atoms with Gasteiger partial charge in [-0.25, -0.2) is 0 Å². The molecule has 0 bridgehead atoms. The molecule has 0 aromatic carbocycles. The number of carbonyl (C=O) groups excluding carboxylic acids is 1. The van der Waals surface area contributed by atoms with E-state index in [2.05, 4.69) is 35.9 Å². The number of piperazine rings is 1. The van der Waals surface area contributed by atoms with Crippen LogP contribution in [0.3, 0.4) is 0 Å². The minimum atomic E-state index is 0. The lowest BCUT2D eigenvalue weighted by atomic mass is 9.97. The van der Waals surface area contributed by atoms with Crippen LogP contribution >= 0.6 is 24.8 Å². The highest BCUT2D eigenvalue weighted by Gasteiger charge is 2.34. The van der Waals surface area contributed by atoms with Crippen molar-refractivity contribution in [1.82, 2.24) is 15.1 Å². The maximum absolute atomic E-state index is 12.8. The molecular formula is C15H31Cl2N3O. The summed E-state index contributed by atoms with van der Waals surface area (Å²) in [6, 6.07) is 0.512. The number of rotatable bonds is 3. The lowest BCUT2D eigenvalue weighted by Gasteiger charge is -2.41. The van der Waals surface area contributed by atoms with Gasteiger partial charge in [-0.1, -0.05) is 20.3 Å². The molecule has 2 fully saturated rings. The molecular weight excluding hydrogens is 309 g/mol. The largest absolute Gasteiger partial charge is 0.339 e. The number of hydrogen-bond acceptors (Lipinski definition) is 3. The number of nitrogens with zero attached hydrogens (tertiary/aromatic N) is 2. The summed E-state index contributed by atoms with van der Waals surface area (Å²) in [7, 11) is 0. The normalized spacial score (nSPS) is 25.0. The summed E-state index contributed by atoms with van der Waals surface area (Å²) in [5.41, 5.74) is 0. The standard InChI is InChI=1S/C15H29N3O.2ClH/c1-12(2)14(17-8-5-4-6-9-17)15(19)18-10-7-16-13(3)11-18;;/h12-14,16H,4-11H2,1-3H3;2*1H. The summed E-state index contributed by atoms with van der Waals surface area (Å²) in [6.45, 7) is 11.4. The van der Waals surface area contributed by atoms with E-state index in [1.807, 2.05) is 0 Å². The van der Waals surface area contributed by atoms with Gasteiger partial charge in [0.15, 0.2) is 0 Å². The molecule has 2 unspecified atom stereocenters. The smallest absolute Gasteiger partial charge is 0.240 e. The topological polar surface area (TPSA) is 35.6 Å². The first-order valence-electron chi connectivity index (χ1n) is 7.86. The Labute approximate surface area is 141 Å². The van der Waals surface area contributed by atoms with Crippen LogP contribution in [0, 0.1) is 5.92 Å². The number of carbonyl (C=O) groups is 1. The molecule has 2 atom stereocenters. The van der Waals surface area contributed by atoms with Crippen LogP contribution in [0.25, 0.3) is 0 Å². The number of hydrogen-bond donors (Lipinski definition) is 1. The summed E-state index contributed by atoms with van der Waals surface area (Å²) in [5, 5.41) is 3.41. The maximum Gasteiger partial charge on any atom is 0.240 e. The third kappa shape index (κ3) is 5.59. The Balaban J connectivity index is 0.00000200. The number of halogens is 2. The molecule has 0 radical (unpaired) electrons. The fourth-order valence-corrected chi connectivity index (χ4v) is 3.38. The fraction of sp³-hybridized carbons (Fsp3) is 0.933. The van der Waals surface area contributed by atoms with Crippen molar-refractivity contribution in [2.24, 2.45) is 5.92 Å². The Morgan fingerprint density at radius 1 is 1.10 bits per heavy atom. The van der Waals surface area contributed by atoms with Gasteiger partial charge in [0, 0.05) is 25.7 Å². The van der Waals surface area contributed by atoms with Gasteiger partial charge in [0.2, 0.25) is 5.91 Å². The van der Waals surface area contributed by atoms with Crippen LogP contribution in [-0.4, -0.2) is 60.5 Å². The Morgan fingerprint density at radius 3 is 2.24 bits per heavy atom. The molecule has 2 aliphatic heterocycles. The second kappa shape index (κ2) is 9.88. The minimum Gasteiger partial charge on any atom is -0.339 e. The number of amides is 1. The molecule has 0 aromatic heterocycles. The van der Waals surface area contributed by atoms with Crippen LogP contribution in [0.15, 0.2) is 0 Å². The van der Waals surface area contributed by atoms with Gasteiger partial charge in [-0.2, -0.15) is 0 Å². The van der Waals surface area contributed by atoms with Crippen molar-refractivity contribution in [3.63, 3.8) is 0 Å². The highest BCUT2D eigenvalue weighted by molar-refractivity contribution is 5.85. The highest BCUT2D eigenvalue weighted by Crippen LogP contribution is 2.20. The average Bonchev–Trinajstić information content (AvgIpc) is 2.39. The number of piperidine rings is 1. The van der Waals surface area contributed by atoms with Crippen LogP contribution in [0.5, 0.6) is 0 Å². The van der Waals surface area contributed by atoms with Crippen molar-refractivity contribution in [3.8, 4) is 0 Å². The lowest BCUT2D eigenvalue weighted by Crippen LogP contribution is -2.58. The summed E-state index contributed by atoms with van der Waals surface area (Å²) >= 11 is 0. The van der Waals surface area contributed by atoms with E-state index < -0.39 is 0 Å². The molecule has 2 rings (SSSR count). The molecule has 4 nitrogen and oxygen atoms in total. The van der Waals surface area contributed by atoms with Gasteiger partial charge in [-0.05, 0) is 38.8 Å². The van der Waals surface area contributed by atoms with Crippen molar-refractivity contribution < 1.29 is 4.79 Å². The van der Waals surface area contributed by atoms with Gasteiger partial charge < -0.3 is 10.2 Å². The van der Waals surface area contributed by atoms with Gasteiger partial charge in [-0.3, -0.25) is 9.69 Å². The van der Waals surface area contributed by atoms with Crippen LogP contribution in [0.4, 0.5) is 0 Å². The second-order valence-corrected chi connectivity index (χ2v) is 6.42. The van der Waals surface area contributed by atoms with E-state index in [0.717, 1.165) is 32.7 Å². The SMILES string of the molecule is CC1CN(C(=O)C(C(C)C)N2CCCCC2)CCN1.Cl.Cl. The average molecular weight is 340 g/mol. The summed E-state index contributed by atoms with van der Waals surface area (Å²) in [6.07, 6.45) is 3.81. The summed E-state index contributed by atoms with van der Waals surface area (Å²) in [5.74, 6) is 0.751. The van der Waals surface area contributed by atoms with Crippen LogP contribution in [0.1, 0.15) is 40.0 Å². The van der Waals surface area contributed by atoms with Crippen molar-refractivity contribution in [1.29, 1.82) is 0 Å². The molecule has 2 saturated heterocycles. The highest BCUT2D eigenvalue weighted by atomic mass is 35.5. The van der Waals surface area contributed by atoms with E-state index in [4.69, 9.17) is 0 Å². The molecule has 0 aliphatic carbocycles. The lowest BCUT2D eigenvalue weighted by molar-refractivity contribution is -0.140. The van der Waals surface area contributed by atoms with Crippen molar-refractivity contribution in [3.05, 3.63) is 0 Å². The third-order valence-electron chi connectivity index (χ3n) is 4.35. The van der Waals surface area contributed by atoms with E-state index >= 15 is 0 Å². The summed E-state index contributed by atoms with van der Waals surface area (Å²) < 4.78 is 0. The molecule has 21 heavy (non-hydrogen) atoms. The molecule has 1 N–H and O–H groups in total. The molecule has 1 amide bonds. The van der Waals surface area contributed by atoms with Gasteiger partial charge in [0.1, 0.15) is 0 Å². The van der Waals surface area contributed by atoms with Crippen molar-refractivity contribution >= 4 is 30.7 Å². The van der Waals surface area contributed by atoms with E-state index in [-0.39, 0.29) is 30.9 Å². The molecule has 126 valence electrons. The van der Waals surface area contributed by atoms with Gasteiger partial charge in [0.25, 0.3) is 0 Å². The molecule has 2 aliphatic rings. The molecule has 0 aromatic rings. The van der Waals surface area contributed by atoms with Gasteiger partial charge in [0.05, 0.1) is 6.04 Å². The quantitative estimate of drug-likeness (QED) is 0.855. The first kappa shape index (κ1) is 21.0.